The Labute approximate surface area is 91.9 Å². The number of hydrogen-bond donors (Lipinski definition) is 1. The summed E-state index contributed by atoms with van der Waals surface area (Å²) in [6.45, 7) is 2.07. The monoisotopic (exact) mass is 216 g/mol. The molecule has 15 heavy (non-hydrogen) atoms. The average Bonchev–Trinajstić information content (AvgIpc) is 2.57. The summed E-state index contributed by atoms with van der Waals surface area (Å²) in [5.41, 5.74) is 3.16. The molecule has 0 spiro atoms. The summed E-state index contributed by atoms with van der Waals surface area (Å²) in [5, 5.41) is 2.90. The number of hydrogen-bond acceptors (Lipinski definition) is 1. The van der Waals surface area contributed by atoms with E-state index in [9.17, 15) is 0 Å². The highest BCUT2D eigenvalue weighted by Gasteiger charge is 2.07. The highest BCUT2D eigenvalue weighted by molar-refractivity contribution is 6.37. The van der Waals surface area contributed by atoms with Crippen molar-refractivity contribution in [2.75, 3.05) is 0 Å². The van der Waals surface area contributed by atoms with Crippen molar-refractivity contribution in [1.82, 2.24) is 9.97 Å². The van der Waals surface area contributed by atoms with Crippen LogP contribution in [-0.4, -0.2) is 9.97 Å². The van der Waals surface area contributed by atoms with E-state index in [2.05, 4.69) is 35.1 Å². The van der Waals surface area contributed by atoms with Gasteiger partial charge in [-0.05, 0) is 25.1 Å². The van der Waals surface area contributed by atoms with Crippen LogP contribution in [0, 0.1) is 6.92 Å². The Kier molecular flexibility index (Phi) is 1.73. The van der Waals surface area contributed by atoms with Crippen molar-refractivity contribution in [2.24, 2.45) is 0 Å². The predicted octanol–water partition coefficient (Wildman–Crippen LogP) is 3.68. The first-order chi connectivity index (χ1) is 7.25. The SMILES string of the molecule is Cc1ccc2[nH]c3nccc(Cl)c3c2c1. The third kappa shape index (κ3) is 1.22. The van der Waals surface area contributed by atoms with E-state index in [1.54, 1.807) is 6.20 Å². The zero-order valence-corrected chi connectivity index (χ0v) is 8.97. The van der Waals surface area contributed by atoms with E-state index in [0.29, 0.717) is 0 Å². The molecule has 2 aromatic heterocycles. The Hall–Kier alpha value is -1.54. The van der Waals surface area contributed by atoms with E-state index in [1.807, 2.05) is 6.07 Å². The maximum Gasteiger partial charge on any atom is 0.139 e. The molecular weight excluding hydrogens is 208 g/mol. The van der Waals surface area contributed by atoms with Gasteiger partial charge in [-0.1, -0.05) is 23.2 Å². The van der Waals surface area contributed by atoms with E-state index >= 15 is 0 Å². The molecule has 0 aliphatic carbocycles. The number of H-pyrrole nitrogens is 1. The molecule has 0 aliphatic heterocycles. The molecule has 0 bridgehead atoms. The quantitative estimate of drug-likeness (QED) is 0.610. The molecule has 0 radical (unpaired) electrons. The summed E-state index contributed by atoms with van der Waals surface area (Å²) in [7, 11) is 0. The Morgan fingerprint density at radius 2 is 2.13 bits per heavy atom. The van der Waals surface area contributed by atoms with Crippen LogP contribution in [-0.2, 0) is 0 Å². The van der Waals surface area contributed by atoms with Gasteiger partial charge >= 0.3 is 0 Å². The van der Waals surface area contributed by atoms with Gasteiger partial charge in [-0.3, -0.25) is 0 Å². The van der Waals surface area contributed by atoms with E-state index in [4.69, 9.17) is 11.6 Å². The molecule has 1 N–H and O–H groups in total. The van der Waals surface area contributed by atoms with E-state index in [-0.39, 0.29) is 0 Å². The molecule has 0 aliphatic rings. The number of halogens is 1. The Balaban J connectivity index is 2.61. The predicted molar refractivity (Wildman–Crippen MR) is 63.3 cm³/mol. The van der Waals surface area contributed by atoms with Crippen LogP contribution in [0.3, 0.4) is 0 Å². The maximum atomic E-state index is 6.17. The van der Waals surface area contributed by atoms with Crippen molar-refractivity contribution in [3.63, 3.8) is 0 Å². The van der Waals surface area contributed by atoms with Gasteiger partial charge < -0.3 is 4.98 Å². The normalized spacial score (nSPS) is 11.3. The lowest BCUT2D eigenvalue weighted by Crippen LogP contribution is -1.74. The van der Waals surface area contributed by atoms with Crippen LogP contribution in [0.1, 0.15) is 5.56 Å². The number of benzene rings is 1. The van der Waals surface area contributed by atoms with Crippen LogP contribution in [0.4, 0.5) is 0 Å². The summed E-state index contributed by atoms with van der Waals surface area (Å²) in [6.07, 6.45) is 1.72. The Morgan fingerprint density at radius 1 is 1.27 bits per heavy atom. The van der Waals surface area contributed by atoms with Crippen LogP contribution < -0.4 is 0 Å². The molecule has 3 heteroatoms. The second-order valence-corrected chi connectivity index (χ2v) is 4.10. The molecule has 0 saturated heterocycles. The fraction of sp³-hybridized carbons (Fsp3) is 0.0833. The van der Waals surface area contributed by atoms with Gasteiger partial charge in [0.05, 0.1) is 5.02 Å². The molecule has 2 heterocycles. The van der Waals surface area contributed by atoms with Gasteiger partial charge in [0.15, 0.2) is 0 Å². The van der Waals surface area contributed by atoms with Crippen molar-refractivity contribution >= 4 is 33.5 Å². The number of pyridine rings is 1. The molecule has 3 aromatic rings. The zero-order chi connectivity index (χ0) is 10.4. The standard InChI is InChI=1S/C12H9ClN2/c1-7-2-3-10-8(6-7)11-9(13)4-5-14-12(11)15-10/h2-6H,1H3,(H,14,15). The average molecular weight is 217 g/mol. The van der Waals surface area contributed by atoms with Crippen molar-refractivity contribution in [3.05, 3.63) is 41.0 Å². The van der Waals surface area contributed by atoms with Crippen LogP contribution in [0.25, 0.3) is 21.9 Å². The molecule has 0 unspecified atom stereocenters. The maximum absolute atomic E-state index is 6.17. The van der Waals surface area contributed by atoms with Gasteiger partial charge in [-0.25, -0.2) is 4.98 Å². The first-order valence-electron chi connectivity index (χ1n) is 4.78. The minimum atomic E-state index is 0.747. The number of aromatic amines is 1. The summed E-state index contributed by atoms with van der Waals surface area (Å²) in [4.78, 5) is 7.52. The molecule has 3 rings (SSSR count). The number of rotatable bonds is 0. The van der Waals surface area contributed by atoms with E-state index < -0.39 is 0 Å². The fourth-order valence-corrected chi connectivity index (χ4v) is 2.14. The fourth-order valence-electron chi connectivity index (χ4n) is 1.89. The summed E-state index contributed by atoms with van der Waals surface area (Å²) < 4.78 is 0. The number of nitrogens with one attached hydrogen (secondary N) is 1. The third-order valence-electron chi connectivity index (χ3n) is 2.60. The molecule has 74 valence electrons. The lowest BCUT2D eigenvalue weighted by molar-refractivity contribution is 1.35. The molecule has 1 aromatic carbocycles. The van der Waals surface area contributed by atoms with Crippen molar-refractivity contribution < 1.29 is 0 Å². The molecule has 0 saturated carbocycles. The first-order valence-corrected chi connectivity index (χ1v) is 5.16. The summed E-state index contributed by atoms with van der Waals surface area (Å²) >= 11 is 6.17. The summed E-state index contributed by atoms with van der Waals surface area (Å²) in [6, 6.07) is 8.08. The minimum absolute atomic E-state index is 0.747. The van der Waals surface area contributed by atoms with E-state index in [0.717, 1.165) is 27.0 Å². The van der Waals surface area contributed by atoms with Crippen LogP contribution >= 0.6 is 11.6 Å². The molecule has 0 atom stereocenters. The van der Waals surface area contributed by atoms with Crippen molar-refractivity contribution in [2.45, 2.75) is 6.92 Å². The first kappa shape index (κ1) is 8.74. The number of aryl methyl sites for hydroxylation is 1. The van der Waals surface area contributed by atoms with Gasteiger partial charge in [-0.15, -0.1) is 0 Å². The summed E-state index contributed by atoms with van der Waals surface area (Å²) in [5.74, 6) is 0. The van der Waals surface area contributed by atoms with Crippen molar-refractivity contribution in [3.8, 4) is 0 Å². The van der Waals surface area contributed by atoms with Gasteiger partial charge in [0.25, 0.3) is 0 Å². The third-order valence-corrected chi connectivity index (χ3v) is 2.91. The largest absolute Gasteiger partial charge is 0.339 e. The number of aromatic nitrogens is 2. The minimum Gasteiger partial charge on any atom is -0.339 e. The zero-order valence-electron chi connectivity index (χ0n) is 8.21. The van der Waals surface area contributed by atoms with Crippen LogP contribution in [0.2, 0.25) is 5.02 Å². The van der Waals surface area contributed by atoms with Gasteiger partial charge in [0, 0.05) is 22.5 Å². The molecular formula is C12H9ClN2. The number of nitrogens with zero attached hydrogens (tertiary/aromatic N) is 1. The lowest BCUT2D eigenvalue weighted by atomic mass is 10.1. The highest BCUT2D eigenvalue weighted by Crippen LogP contribution is 2.30. The van der Waals surface area contributed by atoms with Gasteiger partial charge in [-0.2, -0.15) is 0 Å². The van der Waals surface area contributed by atoms with Gasteiger partial charge in [0.1, 0.15) is 5.65 Å². The van der Waals surface area contributed by atoms with E-state index in [1.165, 1.54) is 5.56 Å². The topological polar surface area (TPSA) is 28.7 Å². The molecule has 0 fully saturated rings. The van der Waals surface area contributed by atoms with Crippen LogP contribution in [0.15, 0.2) is 30.5 Å². The Morgan fingerprint density at radius 3 is 3.00 bits per heavy atom. The van der Waals surface area contributed by atoms with Gasteiger partial charge in [0.2, 0.25) is 0 Å². The lowest BCUT2D eigenvalue weighted by Gasteiger charge is -1.94. The molecule has 2 nitrogen and oxygen atoms in total. The molecule has 0 amide bonds. The smallest absolute Gasteiger partial charge is 0.139 e. The Bertz CT molecular complexity index is 655. The second-order valence-electron chi connectivity index (χ2n) is 3.69. The highest BCUT2D eigenvalue weighted by atomic mass is 35.5. The van der Waals surface area contributed by atoms with Crippen LogP contribution in [0.5, 0.6) is 0 Å². The van der Waals surface area contributed by atoms with Crippen molar-refractivity contribution in [1.29, 1.82) is 0 Å². The number of fused-ring (bicyclic) bond motifs is 3. The second kappa shape index (κ2) is 2.97.